The molecule has 0 bridgehead atoms. The number of aromatic nitrogens is 6. The molecule has 0 spiro atoms. The van der Waals surface area contributed by atoms with Gasteiger partial charge in [-0.25, -0.2) is 15.0 Å². The van der Waals surface area contributed by atoms with Crippen molar-refractivity contribution in [3.05, 3.63) is 82.9 Å². The van der Waals surface area contributed by atoms with Crippen molar-refractivity contribution in [3.8, 4) is 5.69 Å². The molecule has 1 unspecified atom stereocenters. The predicted molar refractivity (Wildman–Crippen MR) is 128 cm³/mol. The van der Waals surface area contributed by atoms with Gasteiger partial charge in [0, 0.05) is 0 Å². The summed E-state index contributed by atoms with van der Waals surface area (Å²) in [5.74, 6) is 1.56. The number of aromatic amines is 1. The van der Waals surface area contributed by atoms with E-state index in [1.54, 1.807) is 10.9 Å². The molecule has 7 nitrogen and oxygen atoms in total. The minimum atomic E-state index is -0.334. The Hall–Kier alpha value is -3.52. The Kier molecular flexibility index (Phi) is 5.22. The van der Waals surface area contributed by atoms with E-state index < -0.39 is 0 Å². The van der Waals surface area contributed by atoms with Crippen molar-refractivity contribution in [1.29, 1.82) is 0 Å². The molecule has 1 N–H and O–H groups in total. The van der Waals surface area contributed by atoms with Gasteiger partial charge in [0.15, 0.2) is 22.7 Å². The summed E-state index contributed by atoms with van der Waals surface area (Å²) in [7, 11) is -0.334. The monoisotopic (exact) mass is 443 g/mol. The van der Waals surface area contributed by atoms with Gasteiger partial charge in [-0.1, -0.05) is 44.2 Å². The van der Waals surface area contributed by atoms with Gasteiger partial charge in [-0.3, -0.25) is 9.36 Å². The Bertz CT molecular complexity index is 1490. The first kappa shape index (κ1) is 20.4. The molecule has 0 aliphatic heterocycles. The second-order valence-electron chi connectivity index (χ2n) is 7.96. The summed E-state index contributed by atoms with van der Waals surface area (Å²) in [6, 6.07) is 15.6. The average molecular weight is 444 g/mol. The van der Waals surface area contributed by atoms with Crippen molar-refractivity contribution in [3.63, 3.8) is 0 Å². The van der Waals surface area contributed by atoms with Crippen molar-refractivity contribution in [1.82, 2.24) is 29.5 Å². The van der Waals surface area contributed by atoms with Crippen LogP contribution < -0.4 is 5.56 Å². The average Bonchev–Trinajstić information content (AvgIpc) is 3.28. The molecule has 3 aromatic heterocycles. The number of H-pyrrole nitrogens is 1. The molecule has 5 rings (SSSR count). The molecule has 32 heavy (non-hydrogen) atoms. The van der Waals surface area contributed by atoms with E-state index in [0.29, 0.717) is 22.3 Å². The van der Waals surface area contributed by atoms with E-state index in [1.807, 2.05) is 42.5 Å². The van der Waals surface area contributed by atoms with Gasteiger partial charge in [-0.15, -0.1) is 0 Å². The molecule has 3 heterocycles. The molecule has 0 aliphatic carbocycles. The van der Waals surface area contributed by atoms with E-state index in [9.17, 15) is 4.79 Å². The van der Waals surface area contributed by atoms with Crippen molar-refractivity contribution in [2.24, 2.45) is 0 Å². The predicted octanol–water partition coefficient (Wildman–Crippen LogP) is 3.98. The molecule has 160 valence electrons. The second-order valence-corrected chi connectivity index (χ2v) is 9.91. The molecule has 8 heteroatoms. The van der Waals surface area contributed by atoms with Crippen LogP contribution in [-0.4, -0.2) is 35.7 Å². The fourth-order valence-corrected chi connectivity index (χ4v) is 5.42. The van der Waals surface area contributed by atoms with Crippen molar-refractivity contribution < 1.29 is 0 Å². The highest BCUT2D eigenvalue weighted by Gasteiger charge is 2.27. The second kappa shape index (κ2) is 8.20. The van der Waals surface area contributed by atoms with Gasteiger partial charge in [0.25, 0.3) is 10.6 Å². The maximum Gasteiger partial charge on any atom is 0.276 e. The number of rotatable bonds is 5. The molecular weight excluding hydrogens is 420 g/mol. The summed E-state index contributed by atoms with van der Waals surface area (Å²) in [6.45, 7) is 4.27. The van der Waals surface area contributed by atoms with Crippen LogP contribution in [0.3, 0.4) is 0 Å². The molecule has 0 saturated heterocycles. The van der Waals surface area contributed by atoms with Crippen LogP contribution in [0, 0.1) is 0 Å². The quantitative estimate of drug-likeness (QED) is 0.328. The Labute approximate surface area is 188 Å². The lowest BCUT2D eigenvalue weighted by Crippen LogP contribution is -2.26. The highest BCUT2D eigenvalue weighted by atomic mass is 32.2. The minimum Gasteiger partial charge on any atom is -0.338 e. The standard InChI is InChI=1S/C24H23N6OS/c1-15(2)16-8-5-7-11-19(16)30-20(29-18-10-6-4-9-17(18)24(30)31)12-32(3)23-21-22(26-13-25-21)27-14-28-23/h4-11,13-15H,12H2,1-3H3,(H,25,26,27,28)/q+1. The SMILES string of the molecule is CC(C)c1ccccc1-n1c(C[S+](C)c2ncnc3nc[nH]c23)nc2ccccc2c1=O. The number of imidazole rings is 1. The van der Waals surface area contributed by atoms with Gasteiger partial charge in [0.1, 0.15) is 12.6 Å². The van der Waals surface area contributed by atoms with Crippen molar-refractivity contribution in [2.75, 3.05) is 6.26 Å². The van der Waals surface area contributed by atoms with Gasteiger partial charge in [0.05, 0.1) is 33.8 Å². The van der Waals surface area contributed by atoms with Gasteiger partial charge < -0.3 is 4.98 Å². The Balaban J connectivity index is 1.71. The van der Waals surface area contributed by atoms with Gasteiger partial charge in [-0.2, -0.15) is 4.98 Å². The number of fused-ring (bicyclic) bond motifs is 2. The van der Waals surface area contributed by atoms with Crippen LogP contribution in [-0.2, 0) is 16.6 Å². The van der Waals surface area contributed by atoms with E-state index >= 15 is 0 Å². The summed E-state index contributed by atoms with van der Waals surface area (Å²) in [5, 5.41) is 1.50. The lowest BCUT2D eigenvalue weighted by Gasteiger charge is -2.18. The number of nitrogens with one attached hydrogen (secondary N) is 1. The smallest absolute Gasteiger partial charge is 0.276 e. The number of para-hydroxylation sites is 2. The summed E-state index contributed by atoms with van der Waals surface area (Å²) >= 11 is 0. The number of hydrogen-bond donors (Lipinski definition) is 1. The largest absolute Gasteiger partial charge is 0.338 e. The van der Waals surface area contributed by atoms with Crippen LogP contribution in [0.2, 0.25) is 0 Å². The highest BCUT2D eigenvalue weighted by molar-refractivity contribution is 7.95. The normalized spacial score (nSPS) is 12.6. The molecule has 2 aromatic carbocycles. The van der Waals surface area contributed by atoms with E-state index in [0.717, 1.165) is 27.6 Å². The first-order chi connectivity index (χ1) is 15.5. The van der Waals surface area contributed by atoms with Crippen LogP contribution in [0.1, 0.15) is 31.2 Å². The van der Waals surface area contributed by atoms with E-state index in [1.165, 1.54) is 6.33 Å². The Morgan fingerprint density at radius 3 is 2.66 bits per heavy atom. The van der Waals surface area contributed by atoms with Crippen LogP contribution in [0.15, 0.2) is 71.0 Å². The zero-order valence-corrected chi connectivity index (χ0v) is 18.9. The fraction of sp³-hybridized carbons (Fsp3) is 0.208. The van der Waals surface area contributed by atoms with Crippen molar-refractivity contribution in [2.45, 2.75) is 30.5 Å². The Morgan fingerprint density at radius 2 is 1.81 bits per heavy atom. The highest BCUT2D eigenvalue weighted by Crippen LogP contribution is 2.26. The third-order valence-electron chi connectivity index (χ3n) is 5.51. The van der Waals surface area contributed by atoms with Crippen LogP contribution in [0.5, 0.6) is 0 Å². The molecule has 0 aliphatic rings. The van der Waals surface area contributed by atoms with E-state index in [2.05, 4.69) is 46.1 Å². The van der Waals surface area contributed by atoms with Crippen LogP contribution >= 0.6 is 0 Å². The maximum atomic E-state index is 13.7. The first-order valence-electron chi connectivity index (χ1n) is 10.4. The number of nitrogens with zero attached hydrogens (tertiary/aromatic N) is 5. The van der Waals surface area contributed by atoms with Gasteiger partial charge in [-0.05, 0) is 29.7 Å². The first-order valence-corrected chi connectivity index (χ1v) is 12.2. The lowest BCUT2D eigenvalue weighted by molar-refractivity contribution is 0.814. The fourth-order valence-electron chi connectivity index (χ4n) is 3.97. The van der Waals surface area contributed by atoms with Crippen LogP contribution in [0.4, 0.5) is 0 Å². The van der Waals surface area contributed by atoms with E-state index in [4.69, 9.17) is 4.98 Å². The Morgan fingerprint density at radius 1 is 1.03 bits per heavy atom. The van der Waals surface area contributed by atoms with E-state index in [-0.39, 0.29) is 22.4 Å². The zero-order chi connectivity index (χ0) is 22.2. The maximum absolute atomic E-state index is 13.7. The lowest BCUT2D eigenvalue weighted by atomic mass is 10.0. The summed E-state index contributed by atoms with van der Waals surface area (Å²) in [5.41, 5.74) is 4.12. The molecule has 0 fully saturated rings. The number of hydrogen-bond acceptors (Lipinski definition) is 5. The molecule has 1 atom stereocenters. The molecular formula is C24H23N6OS+. The minimum absolute atomic E-state index is 0.0509. The summed E-state index contributed by atoms with van der Waals surface area (Å²) in [4.78, 5) is 34.8. The molecule has 5 aromatic rings. The van der Waals surface area contributed by atoms with Crippen LogP contribution in [0.25, 0.3) is 27.8 Å². The summed E-state index contributed by atoms with van der Waals surface area (Å²) < 4.78 is 1.78. The molecule has 0 radical (unpaired) electrons. The number of benzene rings is 2. The molecule has 0 saturated carbocycles. The third-order valence-corrected chi connectivity index (χ3v) is 7.17. The zero-order valence-electron chi connectivity index (χ0n) is 18.1. The molecule has 0 amide bonds. The topological polar surface area (TPSA) is 89.3 Å². The third kappa shape index (κ3) is 3.46. The van der Waals surface area contributed by atoms with Gasteiger partial charge in [0.2, 0.25) is 0 Å². The van der Waals surface area contributed by atoms with Gasteiger partial charge >= 0.3 is 0 Å². The van der Waals surface area contributed by atoms with Crippen molar-refractivity contribution >= 4 is 33.0 Å². The summed E-state index contributed by atoms with van der Waals surface area (Å²) in [6.07, 6.45) is 5.28.